The van der Waals surface area contributed by atoms with E-state index < -0.39 is 0 Å². The van der Waals surface area contributed by atoms with Gasteiger partial charge in [-0.1, -0.05) is 24.6 Å². The van der Waals surface area contributed by atoms with Crippen molar-refractivity contribution >= 4 is 16.9 Å². The van der Waals surface area contributed by atoms with Crippen LogP contribution >= 0.6 is 0 Å². The maximum absolute atomic E-state index is 11.6. The Morgan fingerprint density at radius 3 is 2.84 bits per heavy atom. The third-order valence-electron chi connectivity index (χ3n) is 5.82. The fraction of sp³-hybridized carbons (Fsp3) is 0.440. The molecule has 2 aromatic carbocycles. The Bertz CT molecular complexity index is 1010. The normalized spacial score (nSPS) is 14.6. The number of carbonyl (C=O) groups is 1. The molecule has 31 heavy (non-hydrogen) atoms. The number of H-pyrrole nitrogens is 1. The van der Waals surface area contributed by atoms with Gasteiger partial charge in [0.15, 0.2) is 0 Å². The first-order valence-electron chi connectivity index (χ1n) is 11.3. The number of likely N-dealkylation sites (N-methyl/N-ethyl adjacent to an activating group) is 1. The highest BCUT2D eigenvalue weighted by Crippen LogP contribution is 2.19. The summed E-state index contributed by atoms with van der Waals surface area (Å²) in [7, 11) is 1.65. The van der Waals surface area contributed by atoms with Gasteiger partial charge in [-0.3, -0.25) is 9.69 Å². The number of hydrogen-bond acceptors (Lipinski definition) is 4. The second kappa shape index (κ2) is 10.4. The van der Waals surface area contributed by atoms with Crippen LogP contribution in [0.3, 0.4) is 0 Å². The van der Waals surface area contributed by atoms with Gasteiger partial charge in [-0.05, 0) is 67.7 Å². The molecule has 1 saturated heterocycles. The minimum Gasteiger partial charge on any atom is -0.494 e. The fourth-order valence-electron chi connectivity index (χ4n) is 4.15. The highest BCUT2D eigenvalue weighted by atomic mass is 16.5. The lowest BCUT2D eigenvalue weighted by Crippen LogP contribution is -2.29. The number of likely N-dealkylation sites (tertiary alicyclic amines) is 1. The molecular weight excluding hydrogens is 388 g/mol. The molecule has 1 aromatic heterocycles. The van der Waals surface area contributed by atoms with Crippen molar-refractivity contribution in [1.82, 2.24) is 20.2 Å². The van der Waals surface area contributed by atoms with Gasteiger partial charge in [0.25, 0.3) is 0 Å². The fourth-order valence-corrected chi connectivity index (χ4v) is 4.15. The molecule has 0 unspecified atom stereocenters. The van der Waals surface area contributed by atoms with Crippen LogP contribution in [0.4, 0.5) is 0 Å². The molecule has 0 aliphatic carbocycles. The number of aryl methyl sites for hydroxylation is 1. The number of ether oxygens (including phenoxy) is 1. The zero-order valence-corrected chi connectivity index (χ0v) is 18.3. The van der Waals surface area contributed by atoms with E-state index in [4.69, 9.17) is 4.74 Å². The summed E-state index contributed by atoms with van der Waals surface area (Å²) in [5.74, 6) is 1.90. The highest BCUT2D eigenvalue weighted by Gasteiger charge is 2.11. The molecule has 0 spiro atoms. The summed E-state index contributed by atoms with van der Waals surface area (Å²) in [5, 5.41) is 2.65. The first kappa shape index (κ1) is 21.4. The standard InChI is InChI=1S/C25H32N4O2/c1-26-25(30)17-19-10-11-22-23(16-19)28-24(27-22)9-6-14-31-21-8-5-7-20(15-21)18-29-12-3-2-4-13-29/h5,7-8,10-11,15-16H,2-4,6,9,12-14,17-18H2,1H3,(H,26,30)(H,27,28). The Labute approximate surface area is 184 Å². The zero-order valence-electron chi connectivity index (χ0n) is 18.3. The first-order chi connectivity index (χ1) is 15.2. The van der Waals surface area contributed by atoms with E-state index in [0.29, 0.717) is 13.0 Å². The van der Waals surface area contributed by atoms with Gasteiger partial charge in [0.05, 0.1) is 24.1 Å². The molecular formula is C25H32N4O2. The molecule has 3 aromatic rings. The van der Waals surface area contributed by atoms with Crippen LogP contribution < -0.4 is 10.1 Å². The smallest absolute Gasteiger partial charge is 0.224 e. The van der Waals surface area contributed by atoms with Gasteiger partial charge in [0.2, 0.25) is 5.91 Å². The number of nitrogens with one attached hydrogen (secondary N) is 2. The number of imidazole rings is 1. The van der Waals surface area contributed by atoms with E-state index in [9.17, 15) is 4.79 Å². The molecule has 1 aliphatic heterocycles. The molecule has 1 aliphatic rings. The number of nitrogens with zero attached hydrogens (tertiary/aromatic N) is 2. The van der Waals surface area contributed by atoms with Gasteiger partial charge < -0.3 is 15.0 Å². The second-order valence-corrected chi connectivity index (χ2v) is 8.32. The molecule has 1 fully saturated rings. The summed E-state index contributed by atoms with van der Waals surface area (Å²) in [6.07, 6.45) is 6.08. The lowest BCUT2D eigenvalue weighted by Gasteiger charge is -2.26. The van der Waals surface area contributed by atoms with E-state index in [1.54, 1.807) is 7.05 Å². The molecule has 0 bridgehead atoms. The minimum atomic E-state index is 0.00672. The van der Waals surface area contributed by atoms with Crippen LogP contribution in [0.1, 0.15) is 42.6 Å². The van der Waals surface area contributed by atoms with Crippen molar-refractivity contribution in [2.24, 2.45) is 0 Å². The van der Waals surface area contributed by atoms with E-state index in [2.05, 4.69) is 38.4 Å². The maximum atomic E-state index is 11.6. The van der Waals surface area contributed by atoms with Gasteiger partial charge in [-0.15, -0.1) is 0 Å². The third kappa shape index (κ3) is 6.07. The van der Waals surface area contributed by atoms with E-state index in [1.807, 2.05) is 24.3 Å². The topological polar surface area (TPSA) is 70.2 Å². The molecule has 0 saturated carbocycles. The van der Waals surface area contributed by atoms with Crippen LogP contribution in [0.25, 0.3) is 11.0 Å². The average molecular weight is 421 g/mol. The van der Waals surface area contributed by atoms with Crippen molar-refractivity contribution in [2.45, 2.75) is 45.1 Å². The van der Waals surface area contributed by atoms with Crippen molar-refractivity contribution in [3.8, 4) is 5.75 Å². The number of rotatable bonds is 9. The molecule has 4 rings (SSSR count). The molecule has 0 radical (unpaired) electrons. The number of piperidine rings is 1. The first-order valence-corrected chi connectivity index (χ1v) is 11.3. The highest BCUT2D eigenvalue weighted by molar-refractivity contribution is 5.81. The van der Waals surface area contributed by atoms with Crippen molar-refractivity contribution < 1.29 is 9.53 Å². The Hall–Kier alpha value is -2.86. The number of fused-ring (bicyclic) bond motifs is 1. The molecule has 2 N–H and O–H groups in total. The number of amides is 1. The zero-order chi connectivity index (χ0) is 21.5. The quantitative estimate of drug-likeness (QED) is 0.516. The van der Waals surface area contributed by atoms with Crippen LogP contribution in [0, 0.1) is 0 Å². The summed E-state index contributed by atoms with van der Waals surface area (Å²) >= 11 is 0. The van der Waals surface area contributed by atoms with Gasteiger partial charge >= 0.3 is 0 Å². The molecule has 6 heteroatoms. The Morgan fingerprint density at radius 2 is 2.00 bits per heavy atom. The van der Waals surface area contributed by atoms with Gasteiger partial charge in [-0.25, -0.2) is 4.98 Å². The number of hydrogen-bond donors (Lipinski definition) is 2. The van der Waals surface area contributed by atoms with E-state index >= 15 is 0 Å². The lowest BCUT2D eigenvalue weighted by molar-refractivity contribution is -0.119. The monoisotopic (exact) mass is 420 g/mol. The van der Waals surface area contributed by atoms with Crippen LogP contribution in [0.15, 0.2) is 42.5 Å². The number of benzene rings is 2. The third-order valence-corrected chi connectivity index (χ3v) is 5.82. The molecule has 1 amide bonds. The van der Waals surface area contributed by atoms with Gasteiger partial charge in [-0.2, -0.15) is 0 Å². The second-order valence-electron chi connectivity index (χ2n) is 8.32. The summed E-state index contributed by atoms with van der Waals surface area (Å²) in [5.41, 5.74) is 4.20. The Morgan fingerprint density at radius 1 is 1.13 bits per heavy atom. The number of carbonyl (C=O) groups excluding carboxylic acids is 1. The van der Waals surface area contributed by atoms with E-state index in [1.165, 1.54) is 37.9 Å². The van der Waals surface area contributed by atoms with Crippen molar-refractivity contribution in [1.29, 1.82) is 0 Å². The van der Waals surface area contributed by atoms with Crippen molar-refractivity contribution in [3.05, 3.63) is 59.4 Å². The van der Waals surface area contributed by atoms with Gasteiger partial charge in [0, 0.05) is 20.0 Å². The lowest BCUT2D eigenvalue weighted by atomic mass is 10.1. The van der Waals surface area contributed by atoms with Crippen LogP contribution in [-0.2, 0) is 24.2 Å². The summed E-state index contributed by atoms with van der Waals surface area (Å²) in [6.45, 7) is 4.08. The SMILES string of the molecule is CNC(=O)Cc1ccc2[nH]c(CCCOc3cccc(CN4CCCCC4)c3)nc2c1. The Balaban J connectivity index is 1.26. The molecule has 164 valence electrons. The largest absolute Gasteiger partial charge is 0.494 e. The van der Waals surface area contributed by atoms with Crippen molar-refractivity contribution in [2.75, 3.05) is 26.7 Å². The van der Waals surface area contributed by atoms with Crippen LogP contribution in [-0.4, -0.2) is 47.5 Å². The molecule has 6 nitrogen and oxygen atoms in total. The number of aromatic amines is 1. The summed E-state index contributed by atoms with van der Waals surface area (Å²) < 4.78 is 6.00. The van der Waals surface area contributed by atoms with Crippen LogP contribution in [0.5, 0.6) is 5.75 Å². The predicted molar refractivity (Wildman–Crippen MR) is 123 cm³/mol. The van der Waals surface area contributed by atoms with Crippen molar-refractivity contribution in [3.63, 3.8) is 0 Å². The summed E-state index contributed by atoms with van der Waals surface area (Å²) in [4.78, 5) is 22.2. The van der Waals surface area contributed by atoms with E-state index in [0.717, 1.165) is 47.6 Å². The van der Waals surface area contributed by atoms with E-state index in [-0.39, 0.29) is 5.91 Å². The van der Waals surface area contributed by atoms with Gasteiger partial charge in [0.1, 0.15) is 11.6 Å². The van der Waals surface area contributed by atoms with Crippen LogP contribution in [0.2, 0.25) is 0 Å². The molecule has 2 heterocycles. The number of aromatic nitrogens is 2. The summed E-state index contributed by atoms with van der Waals surface area (Å²) in [6, 6.07) is 14.4. The minimum absolute atomic E-state index is 0.00672. The predicted octanol–water partition coefficient (Wildman–Crippen LogP) is 3.85. The Kier molecular flexibility index (Phi) is 7.20. The molecule has 0 atom stereocenters. The maximum Gasteiger partial charge on any atom is 0.224 e. The average Bonchev–Trinajstić information content (AvgIpc) is 3.20.